The summed E-state index contributed by atoms with van der Waals surface area (Å²) in [6, 6.07) is 6.65. The van der Waals surface area contributed by atoms with Crippen molar-refractivity contribution in [2.24, 2.45) is 0 Å². The van der Waals surface area contributed by atoms with Gasteiger partial charge in [0.25, 0.3) is 0 Å². The molecule has 118 valence electrons. The molecule has 4 nitrogen and oxygen atoms in total. The van der Waals surface area contributed by atoms with E-state index < -0.39 is 0 Å². The largest absolute Gasteiger partial charge is 0.395 e. The van der Waals surface area contributed by atoms with Crippen LogP contribution in [0.5, 0.6) is 0 Å². The van der Waals surface area contributed by atoms with Crippen LogP contribution in [0.15, 0.2) is 18.2 Å². The predicted molar refractivity (Wildman–Crippen MR) is 91.7 cm³/mol. The van der Waals surface area contributed by atoms with Gasteiger partial charge in [0.1, 0.15) is 5.82 Å². The van der Waals surface area contributed by atoms with Crippen LogP contribution >= 0.6 is 0 Å². The number of aliphatic hydroxyl groups excluding tert-OH is 1. The standard InChI is InChI=1S/C18H25N3O/c1-13-10-15(3)18-16(11-13)14(2)12-17(19-18)21-6-4-20(5-7-21)8-9-22/h10-12,22H,4-9H2,1-3H3. The van der Waals surface area contributed by atoms with Crippen LogP contribution in [-0.4, -0.2) is 54.3 Å². The van der Waals surface area contributed by atoms with Gasteiger partial charge in [0, 0.05) is 38.1 Å². The average Bonchev–Trinajstić information content (AvgIpc) is 2.49. The minimum Gasteiger partial charge on any atom is -0.395 e. The summed E-state index contributed by atoms with van der Waals surface area (Å²) in [6.07, 6.45) is 0. The van der Waals surface area contributed by atoms with E-state index in [0.29, 0.717) is 0 Å². The summed E-state index contributed by atoms with van der Waals surface area (Å²) in [4.78, 5) is 9.59. The molecule has 0 aliphatic carbocycles. The molecule has 2 heterocycles. The summed E-state index contributed by atoms with van der Waals surface area (Å²) >= 11 is 0. The van der Waals surface area contributed by atoms with Crippen molar-refractivity contribution in [1.29, 1.82) is 0 Å². The molecule has 1 aliphatic rings. The molecule has 0 saturated carbocycles. The Kier molecular flexibility index (Phi) is 4.32. The van der Waals surface area contributed by atoms with E-state index in [1.165, 1.54) is 22.1 Å². The Balaban J connectivity index is 1.89. The molecule has 1 saturated heterocycles. The highest BCUT2D eigenvalue weighted by atomic mass is 16.3. The average molecular weight is 299 g/mol. The van der Waals surface area contributed by atoms with Crippen molar-refractivity contribution in [3.05, 3.63) is 34.9 Å². The van der Waals surface area contributed by atoms with Crippen molar-refractivity contribution in [3.8, 4) is 0 Å². The number of fused-ring (bicyclic) bond motifs is 1. The number of β-amino-alcohol motifs (C(OH)–C–C–N with tert-alkyl or cyclic N) is 1. The molecular weight excluding hydrogens is 274 g/mol. The van der Waals surface area contributed by atoms with Gasteiger partial charge >= 0.3 is 0 Å². The highest BCUT2D eigenvalue weighted by Crippen LogP contribution is 2.26. The Morgan fingerprint density at radius 2 is 1.73 bits per heavy atom. The molecule has 1 fully saturated rings. The van der Waals surface area contributed by atoms with Crippen molar-refractivity contribution in [2.45, 2.75) is 20.8 Å². The highest BCUT2D eigenvalue weighted by Gasteiger charge is 2.18. The molecule has 22 heavy (non-hydrogen) atoms. The highest BCUT2D eigenvalue weighted by molar-refractivity contribution is 5.87. The van der Waals surface area contributed by atoms with E-state index in [9.17, 15) is 0 Å². The predicted octanol–water partition coefficient (Wildman–Crippen LogP) is 2.27. The van der Waals surface area contributed by atoms with E-state index >= 15 is 0 Å². The molecule has 0 radical (unpaired) electrons. The third kappa shape index (κ3) is 2.94. The van der Waals surface area contributed by atoms with Crippen molar-refractivity contribution in [3.63, 3.8) is 0 Å². The van der Waals surface area contributed by atoms with Crippen LogP contribution in [0.3, 0.4) is 0 Å². The fourth-order valence-corrected chi connectivity index (χ4v) is 3.33. The number of piperazine rings is 1. The third-order valence-electron chi connectivity index (χ3n) is 4.55. The summed E-state index contributed by atoms with van der Waals surface area (Å²) in [5.41, 5.74) is 4.96. The molecule has 1 aliphatic heterocycles. The van der Waals surface area contributed by atoms with Crippen LogP contribution in [0.2, 0.25) is 0 Å². The topological polar surface area (TPSA) is 39.6 Å². The first-order valence-electron chi connectivity index (χ1n) is 8.05. The lowest BCUT2D eigenvalue weighted by Crippen LogP contribution is -2.47. The normalized spacial score (nSPS) is 16.5. The van der Waals surface area contributed by atoms with E-state index in [0.717, 1.165) is 44.1 Å². The number of aromatic nitrogens is 1. The van der Waals surface area contributed by atoms with Crippen molar-refractivity contribution in [1.82, 2.24) is 9.88 Å². The molecule has 1 aromatic carbocycles. The van der Waals surface area contributed by atoms with Gasteiger partial charge in [-0.2, -0.15) is 0 Å². The zero-order valence-corrected chi connectivity index (χ0v) is 13.8. The maximum Gasteiger partial charge on any atom is 0.129 e. The zero-order chi connectivity index (χ0) is 15.7. The van der Waals surface area contributed by atoms with Crippen molar-refractivity contribution >= 4 is 16.7 Å². The maximum absolute atomic E-state index is 9.04. The molecule has 1 aromatic heterocycles. The van der Waals surface area contributed by atoms with Gasteiger partial charge < -0.3 is 10.0 Å². The molecular formula is C18H25N3O. The lowest BCUT2D eigenvalue weighted by atomic mass is 10.0. The van der Waals surface area contributed by atoms with Gasteiger partial charge in [0.15, 0.2) is 0 Å². The molecule has 0 bridgehead atoms. The Morgan fingerprint density at radius 1 is 1.00 bits per heavy atom. The monoisotopic (exact) mass is 299 g/mol. The van der Waals surface area contributed by atoms with Gasteiger partial charge in [-0.15, -0.1) is 0 Å². The first-order chi connectivity index (χ1) is 10.6. The second kappa shape index (κ2) is 6.23. The lowest BCUT2D eigenvalue weighted by molar-refractivity contribution is 0.188. The Labute approximate surface area is 132 Å². The number of hydrogen-bond acceptors (Lipinski definition) is 4. The molecule has 4 heteroatoms. The van der Waals surface area contributed by atoms with Crippen molar-refractivity contribution < 1.29 is 5.11 Å². The van der Waals surface area contributed by atoms with Crippen LogP contribution in [0.25, 0.3) is 10.9 Å². The van der Waals surface area contributed by atoms with Gasteiger partial charge in [-0.1, -0.05) is 11.6 Å². The number of nitrogens with zero attached hydrogens (tertiary/aromatic N) is 3. The number of hydrogen-bond donors (Lipinski definition) is 1. The Morgan fingerprint density at radius 3 is 2.41 bits per heavy atom. The number of benzene rings is 1. The Hall–Kier alpha value is -1.65. The summed E-state index contributed by atoms with van der Waals surface area (Å²) in [7, 11) is 0. The molecule has 0 unspecified atom stereocenters. The number of rotatable bonds is 3. The van der Waals surface area contributed by atoms with Crippen LogP contribution in [-0.2, 0) is 0 Å². The van der Waals surface area contributed by atoms with Crippen molar-refractivity contribution in [2.75, 3.05) is 44.2 Å². The van der Waals surface area contributed by atoms with E-state index in [2.05, 4.69) is 48.8 Å². The summed E-state index contributed by atoms with van der Waals surface area (Å²) in [5.74, 6) is 1.08. The van der Waals surface area contributed by atoms with Gasteiger partial charge in [-0.25, -0.2) is 4.98 Å². The van der Waals surface area contributed by atoms with Crippen LogP contribution in [0.4, 0.5) is 5.82 Å². The van der Waals surface area contributed by atoms with Gasteiger partial charge in [-0.05, 0) is 44.0 Å². The minimum atomic E-state index is 0.242. The van der Waals surface area contributed by atoms with Gasteiger partial charge in [-0.3, -0.25) is 4.90 Å². The quantitative estimate of drug-likeness (QED) is 0.944. The van der Waals surface area contributed by atoms with Gasteiger partial charge in [0.05, 0.1) is 12.1 Å². The molecule has 0 spiro atoms. The van der Waals surface area contributed by atoms with E-state index in [1.807, 2.05) is 0 Å². The SMILES string of the molecule is Cc1cc(C)c2nc(N3CCN(CCO)CC3)cc(C)c2c1. The lowest BCUT2D eigenvalue weighted by Gasteiger charge is -2.35. The first kappa shape index (κ1) is 15.3. The van der Waals surface area contributed by atoms with Gasteiger partial charge in [0.2, 0.25) is 0 Å². The summed E-state index contributed by atoms with van der Waals surface area (Å²) in [6.45, 7) is 11.4. The number of aryl methyl sites for hydroxylation is 3. The first-order valence-corrected chi connectivity index (χ1v) is 8.05. The van der Waals surface area contributed by atoms with E-state index in [1.54, 1.807) is 0 Å². The Bertz CT molecular complexity index is 676. The molecule has 0 atom stereocenters. The summed E-state index contributed by atoms with van der Waals surface area (Å²) in [5, 5.41) is 10.3. The van der Waals surface area contributed by atoms with E-state index in [4.69, 9.17) is 10.1 Å². The molecule has 0 amide bonds. The zero-order valence-electron chi connectivity index (χ0n) is 13.8. The fourth-order valence-electron chi connectivity index (χ4n) is 3.33. The fraction of sp³-hybridized carbons (Fsp3) is 0.500. The second-order valence-corrected chi connectivity index (χ2v) is 6.33. The number of pyridine rings is 1. The summed E-state index contributed by atoms with van der Waals surface area (Å²) < 4.78 is 0. The smallest absolute Gasteiger partial charge is 0.129 e. The number of aliphatic hydroxyl groups is 1. The third-order valence-corrected chi connectivity index (χ3v) is 4.55. The molecule has 2 aromatic rings. The second-order valence-electron chi connectivity index (χ2n) is 6.33. The van der Waals surface area contributed by atoms with Crippen LogP contribution in [0.1, 0.15) is 16.7 Å². The van der Waals surface area contributed by atoms with Crippen LogP contribution in [0, 0.1) is 20.8 Å². The molecule has 1 N–H and O–H groups in total. The maximum atomic E-state index is 9.04. The van der Waals surface area contributed by atoms with E-state index in [-0.39, 0.29) is 6.61 Å². The minimum absolute atomic E-state index is 0.242. The van der Waals surface area contributed by atoms with Crippen LogP contribution < -0.4 is 4.90 Å². The number of anilines is 1. The molecule has 3 rings (SSSR count).